The van der Waals surface area contributed by atoms with E-state index < -0.39 is 24.1 Å². The second kappa shape index (κ2) is 11.7. The van der Waals surface area contributed by atoms with E-state index in [1.807, 2.05) is 6.07 Å². The van der Waals surface area contributed by atoms with Gasteiger partial charge in [-0.2, -0.15) is 10.2 Å². The molecule has 46 heavy (non-hydrogen) atoms. The topological polar surface area (TPSA) is 133 Å². The molecule has 13 nitrogen and oxygen atoms in total. The molecule has 0 radical (unpaired) electrons. The van der Waals surface area contributed by atoms with E-state index in [9.17, 15) is 23.5 Å². The molecule has 3 atom stereocenters. The number of anilines is 2. The largest absolute Gasteiger partial charge is 0.465 e. The van der Waals surface area contributed by atoms with Crippen molar-refractivity contribution < 1.29 is 28.2 Å². The first kappa shape index (κ1) is 30.8. The summed E-state index contributed by atoms with van der Waals surface area (Å²) in [4.78, 5) is 36.1. The van der Waals surface area contributed by atoms with E-state index in [2.05, 4.69) is 46.1 Å². The first-order valence-corrected chi connectivity index (χ1v) is 16.1. The molecular weight excluding hydrogens is 600 g/mol. The summed E-state index contributed by atoms with van der Waals surface area (Å²) in [5.41, 5.74) is -0.148. The molecule has 7 rings (SSSR count). The van der Waals surface area contributed by atoms with Crippen LogP contribution in [-0.4, -0.2) is 108 Å². The molecule has 2 bridgehead atoms. The van der Waals surface area contributed by atoms with Crippen LogP contribution in [0.2, 0.25) is 0 Å². The Balaban J connectivity index is 1.03. The molecule has 4 fully saturated rings. The second-order valence-corrected chi connectivity index (χ2v) is 14.1. The zero-order valence-electron chi connectivity index (χ0n) is 26.4. The highest BCUT2D eigenvalue weighted by molar-refractivity contribution is 6.08. The minimum atomic E-state index is -2.87. The molecule has 1 saturated carbocycles. The Kier molecular flexibility index (Phi) is 7.86. The van der Waals surface area contributed by atoms with Crippen molar-refractivity contribution in [1.82, 2.24) is 34.2 Å². The molecular formula is C31H41F2N9O4. The average Bonchev–Trinajstić information content (AvgIpc) is 3.84. The van der Waals surface area contributed by atoms with Crippen molar-refractivity contribution in [3.63, 3.8) is 0 Å². The van der Waals surface area contributed by atoms with Gasteiger partial charge in [0.1, 0.15) is 11.4 Å². The van der Waals surface area contributed by atoms with E-state index in [0.29, 0.717) is 31.9 Å². The van der Waals surface area contributed by atoms with E-state index in [1.54, 1.807) is 15.8 Å². The molecule has 0 spiro atoms. The number of aromatic nitrogens is 5. The number of nitrogens with zero attached hydrogens (tertiary/aromatic N) is 8. The Morgan fingerprint density at radius 2 is 1.85 bits per heavy atom. The SMILES string of the molecule is CC(C)(C)C1CN(C2CCC(n3cc(NC(=O)c4cnn5ccc(N6C[C@H]7C[C@@H]6CO7)nc45)c(C(F)F)n3)CC2)CCN1C(=O)O. The number of amides is 2. The van der Waals surface area contributed by atoms with Crippen LogP contribution < -0.4 is 10.2 Å². The lowest BCUT2D eigenvalue weighted by Crippen LogP contribution is -2.61. The minimum Gasteiger partial charge on any atom is -0.465 e. The number of carbonyl (C=O) groups excluding carboxylic acids is 1. The maximum Gasteiger partial charge on any atom is 0.407 e. The summed E-state index contributed by atoms with van der Waals surface area (Å²) in [6, 6.07) is 2.20. The fraction of sp³-hybridized carbons (Fsp3) is 0.645. The van der Waals surface area contributed by atoms with Gasteiger partial charge >= 0.3 is 6.09 Å². The van der Waals surface area contributed by atoms with E-state index in [-0.39, 0.29) is 46.9 Å². The third-order valence-corrected chi connectivity index (χ3v) is 10.2. The standard InChI is InChI=1S/C31H41F2N9O4/c1-31(2,3)24-16-38(10-11-39(24)30(44)45)18-4-6-19(7-5-18)42-15-23(26(37-42)27(32)33)35-29(43)22-13-34-41-9-8-25(36-28(22)41)40-14-21-12-20(40)17-46-21/h8-9,13,15,18-21,24,27H,4-7,10-12,14,16-17H2,1-3H3,(H,35,43)(H,44,45)/t18?,19?,20-,21-,24?/m1/s1. The summed E-state index contributed by atoms with van der Waals surface area (Å²) in [7, 11) is 0. The van der Waals surface area contributed by atoms with E-state index >= 15 is 0 Å². The molecule has 2 amide bonds. The van der Waals surface area contributed by atoms with Crippen LogP contribution in [0.4, 0.5) is 25.1 Å². The zero-order chi connectivity index (χ0) is 32.3. The van der Waals surface area contributed by atoms with Crippen LogP contribution in [0, 0.1) is 5.41 Å². The number of piperazine rings is 1. The van der Waals surface area contributed by atoms with Gasteiger partial charge in [0.15, 0.2) is 11.3 Å². The van der Waals surface area contributed by atoms with Gasteiger partial charge in [-0.25, -0.2) is 23.1 Å². The Hall–Kier alpha value is -3.85. The molecule has 3 aliphatic heterocycles. The number of morpholine rings is 1. The lowest BCUT2D eigenvalue weighted by molar-refractivity contribution is -0.00319. The van der Waals surface area contributed by atoms with Gasteiger partial charge in [0, 0.05) is 44.6 Å². The number of hydrogen-bond acceptors (Lipinski definition) is 8. The van der Waals surface area contributed by atoms with Gasteiger partial charge in [0.2, 0.25) is 0 Å². The monoisotopic (exact) mass is 641 g/mol. The van der Waals surface area contributed by atoms with Gasteiger partial charge in [-0.15, -0.1) is 0 Å². The van der Waals surface area contributed by atoms with Crippen molar-refractivity contribution in [2.45, 2.75) is 89.6 Å². The number of halogens is 2. The van der Waals surface area contributed by atoms with Crippen molar-refractivity contribution in [3.05, 3.63) is 35.9 Å². The first-order chi connectivity index (χ1) is 22.0. The Labute approximate surface area is 265 Å². The van der Waals surface area contributed by atoms with Crippen molar-refractivity contribution in [2.75, 3.05) is 43.0 Å². The highest BCUT2D eigenvalue weighted by Gasteiger charge is 2.41. The van der Waals surface area contributed by atoms with Crippen molar-refractivity contribution in [3.8, 4) is 0 Å². The number of fused-ring (bicyclic) bond motifs is 3. The van der Waals surface area contributed by atoms with Crippen molar-refractivity contribution >= 4 is 29.2 Å². The van der Waals surface area contributed by atoms with Crippen LogP contribution in [0.1, 0.15) is 81.4 Å². The summed E-state index contributed by atoms with van der Waals surface area (Å²) in [5.74, 6) is 0.150. The number of rotatable bonds is 6. The van der Waals surface area contributed by atoms with Crippen molar-refractivity contribution in [2.24, 2.45) is 5.41 Å². The molecule has 15 heteroatoms. The molecule has 3 aromatic rings. The molecule has 3 saturated heterocycles. The summed E-state index contributed by atoms with van der Waals surface area (Å²) in [6.07, 6.45) is 5.22. The van der Waals surface area contributed by atoms with E-state index in [4.69, 9.17) is 9.72 Å². The molecule has 0 aromatic carbocycles. The Morgan fingerprint density at radius 3 is 2.50 bits per heavy atom. The number of carbonyl (C=O) groups is 2. The lowest BCUT2D eigenvalue weighted by atomic mass is 9.82. The van der Waals surface area contributed by atoms with Gasteiger partial charge in [0.25, 0.3) is 12.3 Å². The van der Waals surface area contributed by atoms with Gasteiger partial charge in [-0.05, 0) is 43.6 Å². The average molecular weight is 642 g/mol. The normalized spacial score (nSPS) is 27.2. The lowest BCUT2D eigenvalue weighted by Gasteiger charge is -2.49. The molecule has 2 N–H and O–H groups in total. The Bertz CT molecular complexity index is 1610. The molecule has 1 unspecified atom stereocenters. The van der Waals surface area contributed by atoms with Crippen LogP contribution in [0.15, 0.2) is 24.7 Å². The molecule has 3 aromatic heterocycles. The summed E-state index contributed by atoms with van der Waals surface area (Å²) < 4.78 is 37.1. The molecule has 6 heterocycles. The summed E-state index contributed by atoms with van der Waals surface area (Å²) in [6.45, 7) is 9.41. The maximum absolute atomic E-state index is 14.2. The fourth-order valence-electron chi connectivity index (χ4n) is 7.69. The van der Waals surface area contributed by atoms with Crippen LogP contribution in [0.25, 0.3) is 5.65 Å². The number of nitrogens with one attached hydrogen (secondary N) is 1. The highest BCUT2D eigenvalue weighted by Crippen LogP contribution is 2.37. The first-order valence-electron chi connectivity index (χ1n) is 16.1. The third kappa shape index (κ3) is 5.67. The van der Waals surface area contributed by atoms with Crippen molar-refractivity contribution in [1.29, 1.82) is 0 Å². The maximum atomic E-state index is 14.2. The summed E-state index contributed by atoms with van der Waals surface area (Å²) in [5, 5.41) is 20.9. The van der Waals surface area contributed by atoms with Gasteiger partial charge in [-0.3, -0.25) is 14.4 Å². The predicted octanol–water partition coefficient (Wildman–Crippen LogP) is 4.29. The molecule has 1 aliphatic carbocycles. The minimum absolute atomic E-state index is 0.0237. The summed E-state index contributed by atoms with van der Waals surface area (Å²) >= 11 is 0. The number of carboxylic acid groups (broad SMARTS) is 1. The smallest absolute Gasteiger partial charge is 0.407 e. The van der Waals surface area contributed by atoms with Crippen LogP contribution in [-0.2, 0) is 4.74 Å². The molecule has 4 aliphatic rings. The van der Waals surface area contributed by atoms with Gasteiger partial charge < -0.3 is 25.0 Å². The van der Waals surface area contributed by atoms with E-state index in [1.165, 1.54) is 16.9 Å². The predicted molar refractivity (Wildman–Crippen MR) is 164 cm³/mol. The number of ether oxygens (including phenoxy) is 1. The van der Waals surface area contributed by atoms with Crippen LogP contribution >= 0.6 is 0 Å². The zero-order valence-corrected chi connectivity index (χ0v) is 26.4. The van der Waals surface area contributed by atoms with Crippen LogP contribution in [0.5, 0.6) is 0 Å². The number of alkyl halides is 2. The fourth-order valence-corrected chi connectivity index (χ4v) is 7.69. The van der Waals surface area contributed by atoms with Gasteiger partial charge in [-0.1, -0.05) is 20.8 Å². The second-order valence-electron chi connectivity index (χ2n) is 14.1. The number of hydrogen-bond donors (Lipinski definition) is 2. The Morgan fingerprint density at radius 1 is 1.09 bits per heavy atom. The highest BCUT2D eigenvalue weighted by atomic mass is 19.3. The van der Waals surface area contributed by atoms with Gasteiger partial charge in [0.05, 0.1) is 42.7 Å². The molecule has 248 valence electrons. The third-order valence-electron chi connectivity index (χ3n) is 10.2. The quantitative estimate of drug-likeness (QED) is 0.405. The van der Waals surface area contributed by atoms with E-state index in [0.717, 1.165) is 44.5 Å². The van der Waals surface area contributed by atoms with Crippen LogP contribution in [0.3, 0.4) is 0 Å².